The Morgan fingerprint density at radius 2 is 2.00 bits per heavy atom. The molecule has 1 aromatic rings. The number of thiazole rings is 1. The molecule has 1 aliphatic rings. The van der Waals surface area contributed by atoms with Gasteiger partial charge in [-0.05, 0) is 24.7 Å². The van der Waals surface area contributed by atoms with Crippen molar-refractivity contribution in [1.82, 2.24) is 4.98 Å². The van der Waals surface area contributed by atoms with Gasteiger partial charge in [0.05, 0.1) is 16.0 Å². The van der Waals surface area contributed by atoms with Gasteiger partial charge < -0.3 is 11.1 Å². The van der Waals surface area contributed by atoms with Crippen LogP contribution in [0.3, 0.4) is 0 Å². The molecule has 0 aromatic carbocycles. The molecule has 0 saturated heterocycles. The fourth-order valence-corrected chi connectivity index (χ4v) is 3.87. The molecule has 6 heteroatoms. The standard InChI is InChI=1S/C16H25N3O2S/c1-5-16(6-2,9-17)13(21)19-14-18-10-7-15(3,4)8-11(20)12(10)22-14/h5-9,17H2,1-4H3,(H,18,19,21). The van der Waals surface area contributed by atoms with Crippen molar-refractivity contribution in [1.29, 1.82) is 0 Å². The van der Waals surface area contributed by atoms with Crippen molar-refractivity contribution in [2.75, 3.05) is 11.9 Å². The predicted molar refractivity (Wildman–Crippen MR) is 89.2 cm³/mol. The summed E-state index contributed by atoms with van der Waals surface area (Å²) < 4.78 is 0. The molecule has 0 aliphatic heterocycles. The molecular formula is C16H25N3O2S. The number of fused-ring (bicyclic) bond motifs is 1. The number of carbonyl (C=O) groups is 2. The van der Waals surface area contributed by atoms with Gasteiger partial charge in [-0.2, -0.15) is 0 Å². The maximum atomic E-state index is 12.5. The largest absolute Gasteiger partial charge is 0.329 e. The van der Waals surface area contributed by atoms with Crippen molar-refractivity contribution in [3.63, 3.8) is 0 Å². The summed E-state index contributed by atoms with van der Waals surface area (Å²) >= 11 is 1.29. The molecule has 0 atom stereocenters. The third-order valence-corrected chi connectivity index (χ3v) is 5.74. The Morgan fingerprint density at radius 1 is 1.36 bits per heavy atom. The molecule has 0 fully saturated rings. The number of amides is 1. The Morgan fingerprint density at radius 3 is 2.55 bits per heavy atom. The Labute approximate surface area is 135 Å². The molecule has 1 amide bonds. The summed E-state index contributed by atoms with van der Waals surface area (Å²) in [5.74, 6) is 0.0260. The van der Waals surface area contributed by atoms with Gasteiger partial charge in [0.2, 0.25) is 5.91 Å². The van der Waals surface area contributed by atoms with Crippen molar-refractivity contribution in [3.05, 3.63) is 10.6 Å². The molecule has 2 rings (SSSR count). The average Bonchev–Trinajstić information content (AvgIpc) is 2.82. The normalized spacial score (nSPS) is 17.2. The van der Waals surface area contributed by atoms with Crippen LogP contribution < -0.4 is 11.1 Å². The van der Waals surface area contributed by atoms with Gasteiger partial charge in [-0.15, -0.1) is 0 Å². The van der Waals surface area contributed by atoms with Crippen molar-refractivity contribution >= 4 is 28.2 Å². The number of Topliss-reactive ketones (excluding diaryl/α,β-unsaturated/α-hetero) is 1. The van der Waals surface area contributed by atoms with Crippen LogP contribution in [-0.2, 0) is 11.2 Å². The minimum absolute atomic E-state index is 0.0622. The monoisotopic (exact) mass is 323 g/mol. The molecule has 0 saturated carbocycles. The maximum Gasteiger partial charge on any atom is 0.233 e. The van der Waals surface area contributed by atoms with E-state index < -0.39 is 5.41 Å². The second-order valence-corrected chi connectivity index (χ2v) is 7.88. The molecule has 0 unspecified atom stereocenters. The molecule has 3 N–H and O–H groups in total. The third-order valence-electron chi connectivity index (χ3n) is 4.68. The lowest BCUT2D eigenvalue weighted by Crippen LogP contribution is -2.41. The zero-order chi connectivity index (χ0) is 16.5. The fourth-order valence-electron chi connectivity index (χ4n) is 2.96. The third kappa shape index (κ3) is 3.08. The van der Waals surface area contributed by atoms with E-state index in [2.05, 4.69) is 24.1 Å². The van der Waals surface area contributed by atoms with Crippen LogP contribution in [0.1, 0.15) is 62.3 Å². The van der Waals surface area contributed by atoms with Crippen molar-refractivity contribution in [3.8, 4) is 0 Å². The quantitative estimate of drug-likeness (QED) is 0.872. The minimum Gasteiger partial charge on any atom is -0.329 e. The van der Waals surface area contributed by atoms with Gasteiger partial charge >= 0.3 is 0 Å². The summed E-state index contributed by atoms with van der Waals surface area (Å²) in [4.78, 5) is 29.9. The summed E-state index contributed by atoms with van der Waals surface area (Å²) in [7, 11) is 0. The summed E-state index contributed by atoms with van der Waals surface area (Å²) in [5, 5.41) is 3.39. The van der Waals surface area contributed by atoms with Crippen LogP contribution in [0.4, 0.5) is 5.13 Å². The van der Waals surface area contributed by atoms with Gasteiger partial charge in [0.1, 0.15) is 0 Å². The molecule has 1 heterocycles. The van der Waals surface area contributed by atoms with Gasteiger partial charge in [-0.25, -0.2) is 4.98 Å². The SMILES string of the molecule is CCC(CC)(CN)C(=O)Nc1nc2c(s1)C(=O)CC(C)(C)C2. The van der Waals surface area contributed by atoms with E-state index in [1.807, 2.05) is 13.8 Å². The first-order valence-corrected chi connectivity index (χ1v) is 8.63. The summed E-state index contributed by atoms with van der Waals surface area (Å²) in [6.07, 6.45) is 2.67. The van der Waals surface area contributed by atoms with E-state index in [0.717, 1.165) is 12.1 Å². The van der Waals surface area contributed by atoms with E-state index in [-0.39, 0.29) is 17.1 Å². The molecule has 122 valence electrons. The van der Waals surface area contributed by atoms with Crippen LogP contribution >= 0.6 is 11.3 Å². The molecule has 0 spiro atoms. The van der Waals surface area contributed by atoms with Gasteiger partial charge in [0.15, 0.2) is 10.9 Å². The van der Waals surface area contributed by atoms with Crippen LogP contribution in [-0.4, -0.2) is 23.2 Å². The smallest absolute Gasteiger partial charge is 0.233 e. The number of hydrogen-bond donors (Lipinski definition) is 2. The van der Waals surface area contributed by atoms with Crippen molar-refractivity contribution < 1.29 is 9.59 Å². The Bertz CT molecular complexity index is 580. The number of nitrogens with zero attached hydrogens (tertiary/aromatic N) is 1. The van der Waals surface area contributed by atoms with Gasteiger partial charge in [-0.1, -0.05) is 39.0 Å². The number of rotatable bonds is 5. The van der Waals surface area contributed by atoms with Crippen LogP contribution in [0, 0.1) is 10.8 Å². The van der Waals surface area contributed by atoms with E-state index in [4.69, 9.17) is 5.73 Å². The van der Waals surface area contributed by atoms with E-state index in [1.165, 1.54) is 11.3 Å². The van der Waals surface area contributed by atoms with Crippen LogP contribution in [0.15, 0.2) is 0 Å². The number of hydrogen-bond acceptors (Lipinski definition) is 5. The lowest BCUT2D eigenvalue weighted by Gasteiger charge is -2.27. The highest BCUT2D eigenvalue weighted by Gasteiger charge is 2.36. The van der Waals surface area contributed by atoms with E-state index in [9.17, 15) is 9.59 Å². The molecule has 1 aliphatic carbocycles. The molecule has 1 aromatic heterocycles. The molecule has 0 bridgehead atoms. The number of aromatic nitrogens is 1. The maximum absolute atomic E-state index is 12.5. The molecular weight excluding hydrogens is 298 g/mol. The Balaban J connectivity index is 2.23. The zero-order valence-corrected chi connectivity index (χ0v) is 14.6. The first-order chi connectivity index (χ1) is 10.3. The van der Waals surface area contributed by atoms with Crippen LogP contribution in [0.25, 0.3) is 0 Å². The summed E-state index contributed by atoms with van der Waals surface area (Å²) in [6.45, 7) is 8.38. The molecule has 0 radical (unpaired) electrons. The molecule has 5 nitrogen and oxygen atoms in total. The highest BCUT2D eigenvalue weighted by molar-refractivity contribution is 7.17. The number of ketones is 1. The number of anilines is 1. The van der Waals surface area contributed by atoms with E-state index in [1.54, 1.807) is 0 Å². The lowest BCUT2D eigenvalue weighted by atomic mass is 9.78. The predicted octanol–water partition coefficient (Wildman–Crippen LogP) is 3.00. The zero-order valence-electron chi connectivity index (χ0n) is 13.8. The fraction of sp³-hybridized carbons (Fsp3) is 0.688. The van der Waals surface area contributed by atoms with E-state index in [0.29, 0.717) is 35.8 Å². The van der Waals surface area contributed by atoms with Crippen molar-refractivity contribution in [2.45, 2.75) is 53.4 Å². The summed E-state index contributed by atoms with van der Waals surface area (Å²) in [6, 6.07) is 0. The first kappa shape index (κ1) is 17.1. The number of carbonyl (C=O) groups excluding carboxylic acids is 2. The van der Waals surface area contributed by atoms with E-state index >= 15 is 0 Å². The molecule has 22 heavy (non-hydrogen) atoms. The second-order valence-electron chi connectivity index (χ2n) is 6.88. The topological polar surface area (TPSA) is 85.1 Å². The number of nitrogens with one attached hydrogen (secondary N) is 1. The first-order valence-electron chi connectivity index (χ1n) is 7.81. The van der Waals surface area contributed by atoms with Crippen molar-refractivity contribution in [2.24, 2.45) is 16.6 Å². The van der Waals surface area contributed by atoms with Gasteiger partial charge in [0.25, 0.3) is 0 Å². The highest BCUT2D eigenvalue weighted by atomic mass is 32.1. The summed E-state index contributed by atoms with van der Waals surface area (Å²) in [5.41, 5.74) is 6.00. The second kappa shape index (κ2) is 6.08. The highest BCUT2D eigenvalue weighted by Crippen LogP contribution is 2.38. The number of nitrogens with two attached hydrogens (primary N) is 1. The lowest BCUT2D eigenvalue weighted by molar-refractivity contribution is -0.125. The van der Waals surface area contributed by atoms with Crippen LogP contribution in [0.5, 0.6) is 0 Å². The van der Waals surface area contributed by atoms with Gasteiger partial charge in [-0.3, -0.25) is 9.59 Å². The Kier molecular flexibility index (Phi) is 4.73. The van der Waals surface area contributed by atoms with Gasteiger partial charge in [0, 0.05) is 13.0 Å². The minimum atomic E-state index is -0.560. The Hall–Kier alpha value is -1.27. The average molecular weight is 323 g/mol. The van der Waals surface area contributed by atoms with Crippen LogP contribution in [0.2, 0.25) is 0 Å².